The minimum atomic E-state index is 0.330. The maximum absolute atomic E-state index is 6.18. The molecule has 0 aliphatic rings. The van der Waals surface area contributed by atoms with Crippen LogP contribution in [0.3, 0.4) is 0 Å². The zero-order valence-electron chi connectivity index (χ0n) is 66.1. The van der Waals surface area contributed by atoms with E-state index in [2.05, 4.69) is 334 Å². The minimum absolute atomic E-state index is 0.330. The molecule has 0 spiro atoms. The van der Waals surface area contributed by atoms with Crippen molar-refractivity contribution in [2.24, 2.45) is 0 Å². The Kier molecular flexibility index (Phi) is 25.2. The lowest BCUT2D eigenvalue weighted by atomic mass is 8.67. The molecule has 0 unspecified atom stereocenters. The summed E-state index contributed by atoms with van der Waals surface area (Å²) in [5, 5.41) is 10.7. The Hall–Kier alpha value is -10.4. The van der Waals surface area contributed by atoms with Gasteiger partial charge in [-0.3, -0.25) is 0 Å². The lowest BCUT2D eigenvalue weighted by Gasteiger charge is -2.36. The monoisotopic (exact) mass is 1290 g/mol. The maximum Gasteiger partial charge on any atom is 0.139 e. The summed E-state index contributed by atoms with van der Waals surface area (Å²) in [6.45, 7) is 38.5. The Bertz CT molecular complexity index is 6040. The van der Waals surface area contributed by atoms with Gasteiger partial charge >= 0.3 is 0 Å². The van der Waals surface area contributed by atoms with Crippen molar-refractivity contribution in [3.05, 3.63) is 111 Å². The third kappa shape index (κ3) is 13.8. The van der Waals surface area contributed by atoms with Gasteiger partial charge in [0.15, 0.2) is 0 Å². The molecule has 8 aromatic carbocycles. The van der Waals surface area contributed by atoms with Gasteiger partial charge in [0.05, 0.1) is 105 Å². The highest BCUT2D eigenvalue weighted by molar-refractivity contribution is 7.89. The number of hydrogen-bond donors (Lipinski definition) is 0. The van der Waals surface area contributed by atoms with Crippen LogP contribution in [0.2, 0.25) is 0 Å². The molecule has 0 heterocycles. The molecule has 0 fully saturated rings. The van der Waals surface area contributed by atoms with Gasteiger partial charge in [0.25, 0.3) is 0 Å². The standard InChI is InChI=1S/C85H76B18/c1-21-27-32-35-37-41-47-66-63(45-40-36-33-28-22-2)64(44-39-34-29-23-3)67(46-38-30-24-4)78-76-65(43-31-25-5)62(42-26-6)52(11)57(16)68(76)60(19)74(77(66)78)79-70-53(12)48(7)50(9)55(14)72(70)80(73-56(15)51(10)49(8)54(13)71(73)79)75-61(20)69-58(17)59(18)84(98(100(89)90)101(91)92)85(81(69)82(86)83(75)96-87)99(102(93)94)103(95)97-88/h1,3,5,96-97H,86-95H2,2,4,6-20H3. The molecule has 103 heavy (non-hydrogen) atoms. The summed E-state index contributed by atoms with van der Waals surface area (Å²) in [7, 11) is 26.3. The first-order valence-corrected chi connectivity index (χ1v) is 36.0. The normalized spacial score (nSPS) is 9.61. The molecule has 18 heteroatoms. The smallest absolute Gasteiger partial charge is 0.106 e. The van der Waals surface area contributed by atoms with Crippen LogP contribution < -0.4 is 21.9 Å². The Morgan fingerprint density at radius 2 is 0.631 bits per heavy atom. The van der Waals surface area contributed by atoms with Crippen molar-refractivity contribution in [1.82, 2.24) is 0 Å². The third-order valence-corrected chi connectivity index (χ3v) is 22.4. The summed E-state index contributed by atoms with van der Waals surface area (Å²) in [5.41, 5.74) is 30.4. The number of fused-ring (bicyclic) bond motifs is 6. The Balaban J connectivity index is 1.97. The van der Waals surface area contributed by atoms with Crippen molar-refractivity contribution in [2.75, 3.05) is 0 Å². The summed E-state index contributed by atoms with van der Waals surface area (Å²) >= 11 is 0. The zero-order chi connectivity index (χ0) is 75.9. The fourth-order valence-corrected chi connectivity index (χ4v) is 17.1. The van der Waals surface area contributed by atoms with E-state index in [1.807, 2.05) is 6.92 Å². The number of hydrogen-bond acceptors (Lipinski definition) is 0. The first kappa shape index (κ1) is 78.4. The largest absolute Gasteiger partial charge is 0.139 e. The Morgan fingerprint density at radius 1 is 0.282 bits per heavy atom. The molecule has 0 radical (unpaired) electrons. The molecule has 0 saturated heterocycles. The van der Waals surface area contributed by atoms with Gasteiger partial charge in [-0.05, 0) is 357 Å². The average molecular weight is 1290 g/mol. The predicted molar refractivity (Wildman–Crippen MR) is 495 cm³/mol. The van der Waals surface area contributed by atoms with Gasteiger partial charge in [-0.1, -0.05) is 69.3 Å². The first-order valence-electron chi connectivity index (χ1n) is 36.0. The van der Waals surface area contributed by atoms with Crippen molar-refractivity contribution in [2.45, 2.75) is 118 Å². The van der Waals surface area contributed by atoms with Gasteiger partial charge < -0.3 is 0 Å². The second-order valence-electron chi connectivity index (χ2n) is 28.5. The molecule has 0 N–H and O–H groups in total. The average Bonchev–Trinajstić information content (AvgIpc) is 0.683. The van der Waals surface area contributed by atoms with Crippen LogP contribution in [0.5, 0.6) is 0 Å². The Labute approximate surface area is 631 Å². The summed E-state index contributed by atoms with van der Waals surface area (Å²) in [5.74, 6) is 82.5. The van der Waals surface area contributed by atoms with E-state index in [9.17, 15) is 0 Å². The lowest BCUT2D eigenvalue weighted by Crippen LogP contribution is -2.72. The van der Waals surface area contributed by atoms with Crippen LogP contribution in [0.4, 0.5) is 0 Å². The maximum atomic E-state index is 6.18. The van der Waals surface area contributed by atoms with Crippen LogP contribution in [0.1, 0.15) is 132 Å². The van der Waals surface area contributed by atoms with E-state index < -0.39 is 0 Å². The molecule has 0 nitrogen and oxygen atoms in total. The molecule has 0 bridgehead atoms. The molecule has 8 aromatic rings. The van der Waals surface area contributed by atoms with Crippen molar-refractivity contribution >= 4 is 206 Å². The minimum Gasteiger partial charge on any atom is -0.106 e. The second-order valence-corrected chi connectivity index (χ2v) is 28.5. The van der Waals surface area contributed by atoms with E-state index in [4.69, 9.17) is 19.3 Å². The summed E-state index contributed by atoms with van der Waals surface area (Å²) in [4.78, 5) is 0. The summed E-state index contributed by atoms with van der Waals surface area (Å²) < 4.78 is 0. The third-order valence-electron chi connectivity index (χ3n) is 22.4. The van der Waals surface area contributed by atoms with E-state index in [1.165, 1.54) is 105 Å². The van der Waals surface area contributed by atoms with E-state index in [-0.39, 0.29) is 0 Å². The van der Waals surface area contributed by atoms with Crippen molar-refractivity contribution < 1.29 is 0 Å². The van der Waals surface area contributed by atoms with Crippen LogP contribution in [-0.4, -0.2) is 130 Å². The lowest BCUT2D eigenvalue weighted by molar-refractivity contribution is 1.24. The first-order chi connectivity index (χ1) is 49.1. The molecule has 470 valence electrons. The van der Waals surface area contributed by atoms with Crippen LogP contribution in [0.25, 0.3) is 76.1 Å². The molecule has 8 rings (SSSR count). The van der Waals surface area contributed by atoms with Crippen LogP contribution in [-0.2, 0) is 0 Å². The SMILES string of the molecule is BBB(B)B(B(B)B)c1c(B(B(B)B)B(B)B)c(C)c(C)c2c(C)c(-c3c4c(C)c(C)c(C)c(C)c4c(-c4c(C)c5c(C)c(C)c(C#CC)c(C#CC#C)c5c5c(C#CC#CC)c(C#CC#CC#C)c(C#CC#CC#CC)c(C#CC#CC#CC#C)c45)c4c(C)c(C)c(C)c(C)c34)c(BB)c(B)c12. The van der Waals surface area contributed by atoms with Gasteiger partial charge in [-0.25, -0.2) is 0 Å². The van der Waals surface area contributed by atoms with Gasteiger partial charge in [-0.2, -0.15) is 0 Å². The van der Waals surface area contributed by atoms with Crippen molar-refractivity contribution in [3.8, 4) is 201 Å². The fraction of sp³-hybridized carbons (Fsp3) is 0.200. The van der Waals surface area contributed by atoms with Gasteiger partial charge in [0.2, 0.25) is 0 Å². The van der Waals surface area contributed by atoms with Crippen molar-refractivity contribution in [1.29, 1.82) is 0 Å². The highest BCUT2D eigenvalue weighted by atomic mass is 14.4. The van der Waals surface area contributed by atoms with Gasteiger partial charge in [0, 0.05) is 59.9 Å². The second kappa shape index (κ2) is 33.2. The van der Waals surface area contributed by atoms with E-state index in [0.717, 1.165) is 74.5 Å². The molecule has 0 atom stereocenters. The summed E-state index contributed by atoms with van der Waals surface area (Å²) in [6, 6.07) is 0. The molecule has 0 aliphatic carbocycles. The van der Waals surface area contributed by atoms with Gasteiger partial charge in [0.1, 0.15) is 15.0 Å². The van der Waals surface area contributed by atoms with Gasteiger partial charge in [-0.15, -0.1) is 30.7 Å². The number of rotatable bonds is 10. The van der Waals surface area contributed by atoms with Crippen LogP contribution in [0.15, 0.2) is 0 Å². The zero-order valence-corrected chi connectivity index (χ0v) is 66.1. The highest BCUT2D eigenvalue weighted by Gasteiger charge is 2.40. The predicted octanol–water partition coefficient (Wildman–Crippen LogP) is 0.148. The molecule has 0 aromatic heterocycles. The molecular weight excluding hydrogens is 1220 g/mol. The number of aryl methyl sites for hydroxylation is 8. The topological polar surface area (TPSA) is 0 Å². The molecular formula is C85H76B18. The fourth-order valence-electron chi connectivity index (χ4n) is 17.1. The van der Waals surface area contributed by atoms with E-state index in [0.29, 0.717) is 71.7 Å². The molecule has 0 saturated carbocycles. The molecule has 0 aliphatic heterocycles. The number of benzene rings is 8. The summed E-state index contributed by atoms with van der Waals surface area (Å²) in [6.07, 6.45) is 19.3. The Morgan fingerprint density at radius 3 is 1.08 bits per heavy atom. The van der Waals surface area contributed by atoms with Crippen LogP contribution >= 0.6 is 0 Å². The highest BCUT2D eigenvalue weighted by Crippen LogP contribution is 2.56. The van der Waals surface area contributed by atoms with E-state index >= 15 is 0 Å². The van der Waals surface area contributed by atoms with Crippen molar-refractivity contribution in [3.63, 3.8) is 0 Å². The molecule has 0 amide bonds. The number of terminal acetylenes is 3. The quantitative estimate of drug-likeness (QED) is 0.0794. The van der Waals surface area contributed by atoms with E-state index in [1.54, 1.807) is 24.8 Å². The van der Waals surface area contributed by atoms with Crippen LogP contribution in [0, 0.1) is 276 Å².